The van der Waals surface area contributed by atoms with Crippen LogP contribution in [0.3, 0.4) is 0 Å². The van der Waals surface area contributed by atoms with Gasteiger partial charge in [-0.05, 0) is 37.1 Å². The average Bonchev–Trinajstić information content (AvgIpc) is 3.22. The summed E-state index contributed by atoms with van der Waals surface area (Å²) < 4.78 is 24.2. The first-order valence-electron chi connectivity index (χ1n) is 6.47. The highest BCUT2D eigenvalue weighted by Gasteiger charge is 2.22. The van der Waals surface area contributed by atoms with Crippen LogP contribution in [-0.4, -0.2) is 39.8 Å². The van der Waals surface area contributed by atoms with Crippen LogP contribution in [-0.2, 0) is 9.84 Å². The highest BCUT2D eigenvalue weighted by atomic mass is 35.5. The van der Waals surface area contributed by atoms with Gasteiger partial charge in [0, 0.05) is 24.7 Å². The second-order valence-electron chi connectivity index (χ2n) is 4.69. The van der Waals surface area contributed by atoms with Crippen molar-refractivity contribution in [1.29, 1.82) is 0 Å². The third-order valence-corrected chi connectivity index (χ3v) is 4.96. The average molecular weight is 316 g/mol. The number of nitrogens with one attached hydrogen (secondary N) is 2. The van der Waals surface area contributed by atoms with Crippen LogP contribution in [0.1, 0.15) is 12.8 Å². The van der Waals surface area contributed by atoms with E-state index < -0.39 is 9.84 Å². The third kappa shape index (κ3) is 4.38. The van der Waals surface area contributed by atoms with Crippen molar-refractivity contribution in [2.24, 2.45) is 4.99 Å². The van der Waals surface area contributed by atoms with Crippen LogP contribution < -0.4 is 10.6 Å². The van der Waals surface area contributed by atoms with E-state index in [1.807, 2.05) is 0 Å². The SMILES string of the molecule is CN=C(NCCS(=O)(=O)c1ccc(Cl)cc1)NC1CC1. The Kier molecular flexibility index (Phi) is 4.88. The molecule has 0 amide bonds. The van der Waals surface area contributed by atoms with Gasteiger partial charge in [0.05, 0.1) is 10.6 Å². The molecule has 0 heterocycles. The summed E-state index contributed by atoms with van der Waals surface area (Å²) in [7, 11) is -1.63. The molecule has 1 fully saturated rings. The summed E-state index contributed by atoms with van der Waals surface area (Å²) in [6.07, 6.45) is 2.29. The van der Waals surface area contributed by atoms with Crippen LogP contribution in [0.5, 0.6) is 0 Å². The molecule has 1 aromatic rings. The molecule has 1 saturated carbocycles. The maximum atomic E-state index is 12.1. The van der Waals surface area contributed by atoms with Crippen molar-refractivity contribution >= 4 is 27.4 Å². The van der Waals surface area contributed by atoms with Gasteiger partial charge < -0.3 is 10.6 Å². The maximum absolute atomic E-state index is 12.1. The highest BCUT2D eigenvalue weighted by Crippen LogP contribution is 2.18. The minimum absolute atomic E-state index is 0.0139. The van der Waals surface area contributed by atoms with E-state index in [9.17, 15) is 8.42 Å². The molecule has 0 aliphatic heterocycles. The molecule has 2 N–H and O–H groups in total. The lowest BCUT2D eigenvalue weighted by molar-refractivity contribution is 0.594. The fourth-order valence-electron chi connectivity index (χ4n) is 1.68. The van der Waals surface area contributed by atoms with Crippen molar-refractivity contribution in [3.8, 4) is 0 Å². The molecular weight excluding hydrogens is 298 g/mol. The number of hydrogen-bond donors (Lipinski definition) is 2. The lowest BCUT2D eigenvalue weighted by Gasteiger charge is -2.11. The Morgan fingerprint density at radius 1 is 1.35 bits per heavy atom. The van der Waals surface area contributed by atoms with Crippen molar-refractivity contribution in [3.05, 3.63) is 29.3 Å². The number of aliphatic imine (C=N–C) groups is 1. The zero-order valence-corrected chi connectivity index (χ0v) is 12.8. The summed E-state index contributed by atoms with van der Waals surface area (Å²) in [5, 5.41) is 6.74. The largest absolute Gasteiger partial charge is 0.355 e. The molecule has 5 nitrogen and oxygen atoms in total. The second-order valence-corrected chi connectivity index (χ2v) is 7.24. The molecule has 0 saturated heterocycles. The number of benzene rings is 1. The molecule has 20 heavy (non-hydrogen) atoms. The molecule has 0 bridgehead atoms. The van der Waals surface area contributed by atoms with Gasteiger partial charge in [-0.25, -0.2) is 8.42 Å². The highest BCUT2D eigenvalue weighted by molar-refractivity contribution is 7.91. The summed E-state index contributed by atoms with van der Waals surface area (Å²) in [5.74, 6) is 0.666. The quantitative estimate of drug-likeness (QED) is 0.637. The molecule has 0 spiro atoms. The number of halogens is 1. The molecule has 2 rings (SSSR count). The molecule has 110 valence electrons. The molecule has 1 aliphatic carbocycles. The van der Waals surface area contributed by atoms with E-state index in [-0.39, 0.29) is 10.6 Å². The molecule has 0 atom stereocenters. The van der Waals surface area contributed by atoms with Crippen molar-refractivity contribution in [2.75, 3.05) is 19.3 Å². The zero-order valence-electron chi connectivity index (χ0n) is 11.3. The predicted octanol–water partition coefficient (Wildman–Crippen LogP) is 1.44. The van der Waals surface area contributed by atoms with Gasteiger partial charge >= 0.3 is 0 Å². The van der Waals surface area contributed by atoms with Gasteiger partial charge in [0.15, 0.2) is 15.8 Å². The molecule has 1 aromatic carbocycles. The Balaban J connectivity index is 1.87. The van der Waals surface area contributed by atoms with Crippen LogP contribution in [0.25, 0.3) is 0 Å². The summed E-state index contributed by atoms with van der Waals surface area (Å²) in [6, 6.07) is 6.68. The van der Waals surface area contributed by atoms with Gasteiger partial charge in [0.25, 0.3) is 0 Å². The first-order valence-corrected chi connectivity index (χ1v) is 8.50. The van der Waals surface area contributed by atoms with Crippen LogP contribution >= 0.6 is 11.6 Å². The lowest BCUT2D eigenvalue weighted by Crippen LogP contribution is -2.40. The van der Waals surface area contributed by atoms with E-state index in [4.69, 9.17) is 11.6 Å². The van der Waals surface area contributed by atoms with Gasteiger partial charge in [-0.15, -0.1) is 0 Å². The van der Waals surface area contributed by atoms with Crippen molar-refractivity contribution in [1.82, 2.24) is 10.6 Å². The minimum Gasteiger partial charge on any atom is -0.355 e. The molecule has 0 aromatic heterocycles. The fraction of sp³-hybridized carbons (Fsp3) is 0.462. The van der Waals surface area contributed by atoms with E-state index in [0.29, 0.717) is 23.6 Å². The standard InChI is InChI=1S/C13H18ClN3O2S/c1-15-13(17-11-4-5-11)16-8-9-20(18,19)12-6-2-10(14)3-7-12/h2-3,6-7,11H,4-5,8-9H2,1H3,(H2,15,16,17). The van der Waals surface area contributed by atoms with Gasteiger partial charge in [0.2, 0.25) is 0 Å². The molecule has 0 radical (unpaired) electrons. The Bertz CT molecular complexity index is 580. The molecule has 7 heteroatoms. The van der Waals surface area contributed by atoms with Crippen molar-refractivity contribution in [3.63, 3.8) is 0 Å². The smallest absolute Gasteiger partial charge is 0.191 e. The van der Waals surface area contributed by atoms with Gasteiger partial charge in [-0.2, -0.15) is 0 Å². The van der Waals surface area contributed by atoms with E-state index in [0.717, 1.165) is 12.8 Å². The Labute approximate surface area is 124 Å². The summed E-state index contributed by atoms with van der Waals surface area (Å²) in [5.41, 5.74) is 0. The van der Waals surface area contributed by atoms with Gasteiger partial charge in [0.1, 0.15) is 0 Å². The Morgan fingerprint density at radius 2 is 2.00 bits per heavy atom. The summed E-state index contributed by atoms with van der Waals surface area (Å²) in [4.78, 5) is 4.34. The second kappa shape index (κ2) is 6.45. The molecule has 0 unspecified atom stereocenters. The molecular formula is C13H18ClN3O2S. The number of rotatable bonds is 5. The Morgan fingerprint density at radius 3 is 2.55 bits per heavy atom. The van der Waals surface area contributed by atoms with E-state index >= 15 is 0 Å². The van der Waals surface area contributed by atoms with Crippen LogP contribution in [0.2, 0.25) is 5.02 Å². The Hall–Kier alpha value is -1.27. The first kappa shape index (κ1) is 15.1. The molecule has 1 aliphatic rings. The number of sulfone groups is 1. The summed E-state index contributed by atoms with van der Waals surface area (Å²) in [6.45, 7) is 0.317. The number of hydrogen-bond acceptors (Lipinski definition) is 3. The monoisotopic (exact) mass is 315 g/mol. The van der Waals surface area contributed by atoms with Crippen molar-refractivity contribution in [2.45, 2.75) is 23.8 Å². The van der Waals surface area contributed by atoms with Gasteiger partial charge in [-0.1, -0.05) is 11.6 Å². The maximum Gasteiger partial charge on any atom is 0.191 e. The minimum atomic E-state index is -3.30. The zero-order chi connectivity index (χ0) is 14.6. The normalized spacial score (nSPS) is 16.0. The van der Waals surface area contributed by atoms with E-state index in [1.165, 1.54) is 12.1 Å². The number of nitrogens with zero attached hydrogens (tertiary/aromatic N) is 1. The first-order chi connectivity index (χ1) is 9.51. The fourth-order valence-corrected chi connectivity index (χ4v) is 2.96. The van der Waals surface area contributed by atoms with Crippen molar-refractivity contribution < 1.29 is 8.42 Å². The van der Waals surface area contributed by atoms with Crippen LogP contribution in [0.4, 0.5) is 0 Å². The van der Waals surface area contributed by atoms with E-state index in [1.54, 1.807) is 19.2 Å². The third-order valence-electron chi connectivity index (χ3n) is 2.98. The summed E-state index contributed by atoms with van der Waals surface area (Å²) >= 11 is 5.75. The van der Waals surface area contributed by atoms with Crippen LogP contribution in [0.15, 0.2) is 34.2 Å². The van der Waals surface area contributed by atoms with Gasteiger partial charge in [-0.3, -0.25) is 4.99 Å². The van der Waals surface area contributed by atoms with E-state index in [2.05, 4.69) is 15.6 Å². The predicted molar refractivity (Wildman–Crippen MR) is 81.0 cm³/mol. The lowest BCUT2D eigenvalue weighted by atomic mass is 10.4. The number of guanidine groups is 1. The topological polar surface area (TPSA) is 70.6 Å². The van der Waals surface area contributed by atoms with Crippen LogP contribution in [0, 0.1) is 0 Å².